The number of hydrogen-bond donors (Lipinski definition) is 1. The number of hydrogen-bond acceptors (Lipinski definition) is 2. The van der Waals surface area contributed by atoms with Gasteiger partial charge in [0.1, 0.15) is 0 Å². The topological polar surface area (TPSA) is 43.8 Å². The van der Waals surface area contributed by atoms with Crippen molar-refractivity contribution in [1.29, 1.82) is 0 Å². The molecule has 1 unspecified atom stereocenters. The van der Waals surface area contributed by atoms with Gasteiger partial charge in [0, 0.05) is 24.5 Å². The Morgan fingerprint density at radius 3 is 2.50 bits per heavy atom. The van der Waals surface area contributed by atoms with E-state index in [2.05, 4.69) is 21.0 Å². The second kappa shape index (κ2) is 5.43. The molecule has 0 aliphatic heterocycles. The van der Waals surface area contributed by atoms with Gasteiger partial charge in [0.2, 0.25) is 0 Å². The predicted molar refractivity (Wildman–Crippen MR) is 77.7 cm³/mol. The highest BCUT2D eigenvalue weighted by Gasteiger charge is 2.15. The molecule has 3 nitrogen and oxygen atoms in total. The van der Waals surface area contributed by atoms with Crippen molar-refractivity contribution in [3.63, 3.8) is 0 Å². The van der Waals surface area contributed by atoms with Gasteiger partial charge in [-0.25, -0.2) is 0 Å². The number of halogens is 2. The molecule has 0 spiro atoms. The first kappa shape index (κ1) is 13.6. The Bertz CT molecular complexity index is 548. The van der Waals surface area contributed by atoms with Crippen LogP contribution >= 0.6 is 27.5 Å². The maximum Gasteiger partial charge on any atom is 0.0738 e. The summed E-state index contributed by atoms with van der Waals surface area (Å²) in [7, 11) is 1.93. The van der Waals surface area contributed by atoms with Crippen LogP contribution in [0.1, 0.15) is 23.0 Å². The number of benzene rings is 1. The lowest BCUT2D eigenvalue weighted by Gasteiger charge is -2.12. The third-order valence-corrected chi connectivity index (χ3v) is 4.26. The largest absolute Gasteiger partial charge is 0.324 e. The summed E-state index contributed by atoms with van der Waals surface area (Å²) in [5.41, 5.74) is 9.38. The van der Waals surface area contributed by atoms with E-state index in [1.807, 2.05) is 42.9 Å². The third-order valence-electron chi connectivity index (χ3n) is 2.97. The summed E-state index contributed by atoms with van der Waals surface area (Å²) in [6.45, 7) is 1.97. The van der Waals surface area contributed by atoms with Crippen LogP contribution in [0.15, 0.2) is 28.7 Å². The highest BCUT2D eigenvalue weighted by molar-refractivity contribution is 9.10. The molecule has 2 N–H and O–H groups in total. The van der Waals surface area contributed by atoms with E-state index in [-0.39, 0.29) is 6.04 Å². The van der Waals surface area contributed by atoms with Crippen molar-refractivity contribution in [2.75, 3.05) is 0 Å². The van der Waals surface area contributed by atoms with Crippen LogP contribution in [-0.4, -0.2) is 9.78 Å². The van der Waals surface area contributed by atoms with Gasteiger partial charge in [0.15, 0.2) is 0 Å². The number of aromatic nitrogens is 2. The summed E-state index contributed by atoms with van der Waals surface area (Å²) in [5, 5.41) is 5.09. The minimum atomic E-state index is -0.0617. The quantitative estimate of drug-likeness (QED) is 0.938. The first-order valence-electron chi connectivity index (χ1n) is 5.68. The van der Waals surface area contributed by atoms with Gasteiger partial charge < -0.3 is 5.73 Å². The van der Waals surface area contributed by atoms with Crippen LogP contribution in [0.25, 0.3) is 0 Å². The third kappa shape index (κ3) is 2.76. The summed E-state index contributed by atoms with van der Waals surface area (Å²) in [4.78, 5) is 0. The lowest BCUT2D eigenvalue weighted by atomic mass is 10.0. The first-order chi connectivity index (χ1) is 8.49. The molecule has 96 valence electrons. The lowest BCUT2D eigenvalue weighted by Crippen LogP contribution is -2.15. The van der Waals surface area contributed by atoms with Crippen molar-refractivity contribution >= 4 is 27.5 Å². The first-order valence-corrected chi connectivity index (χ1v) is 6.85. The summed E-state index contributed by atoms with van der Waals surface area (Å²) in [6.07, 6.45) is 0.736. The van der Waals surface area contributed by atoms with Gasteiger partial charge >= 0.3 is 0 Å². The van der Waals surface area contributed by atoms with Gasteiger partial charge in [-0.3, -0.25) is 4.68 Å². The van der Waals surface area contributed by atoms with E-state index >= 15 is 0 Å². The zero-order valence-electron chi connectivity index (χ0n) is 10.3. The van der Waals surface area contributed by atoms with E-state index in [0.29, 0.717) is 0 Å². The number of aryl methyl sites for hydroxylation is 2. The van der Waals surface area contributed by atoms with Gasteiger partial charge in [-0.2, -0.15) is 5.10 Å². The molecule has 0 aliphatic rings. The van der Waals surface area contributed by atoms with Crippen LogP contribution in [0.2, 0.25) is 5.02 Å². The van der Waals surface area contributed by atoms with Crippen molar-refractivity contribution in [3.8, 4) is 0 Å². The average molecular weight is 329 g/mol. The van der Waals surface area contributed by atoms with Crippen molar-refractivity contribution in [1.82, 2.24) is 9.78 Å². The predicted octanol–water partition coefficient (Wildman–Crippen LogP) is 3.39. The summed E-state index contributed by atoms with van der Waals surface area (Å²) in [5.74, 6) is 0. The molecule has 0 radical (unpaired) electrons. The molecule has 5 heteroatoms. The molecule has 1 heterocycles. The molecule has 0 fully saturated rings. The molecule has 2 rings (SSSR count). The van der Waals surface area contributed by atoms with Gasteiger partial charge in [0.05, 0.1) is 15.9 Å². The SMILES string of the molecule is Cc1nn(C)c(CC(N)c2ccc(Cl)cc2)c1Br. The Balaban J connectivity index is 2.21. The summed E-state index contributed by atoms with van der Waals surface area (Å²) < 4.78 is 2.91. The van der Waals surface area contributed by atoms with Crippen LogP contribution in [0.4, 0.5) is 0 Å². The maximum absolute atomic E-state index is 6.22. The van der Waals surface area contributed by atoms with Gasteiger partial charge in [-0.05, 0) is 40.5 Å². The Morgan fingerprint density at radius 1 is 1.39 bits per heavy atom. The average Bonchev–Trinajstić information content (AvgIpc) is 2.57. The summed E-state index contributed by atoms with van der Waals surface area (Å²) >= 11 is 9.42. The molecule has 0 saturated carbocycles. The van der Waals surface area contributed by atoms with Gasteiger partial charge in [-0.15, -0.1) is 0 Å². The normalized spacial score (nSPS) is 12.7. The van der Waals surface area contributed by atoms with E-state index in [1.165, 1.54) is 0 Å². The fraction of sp³-hybridized carbons (Fsp3) is 0.308. The molecular formula is C13H15BrClN3. The molecule has 2 aromatic rings. The highest BCUT2D eigenvalue weighted by Crippen LogP contribution is 2.25. The van der Waals surface area contributed by atoms with Crippen molar-refractivity contribution < 1.29 is 0 Å². The number of rotatable bonds is 3. The van der Waals surface area contributed by atoms with Crippen molar-refractivity contribution in [3.05, 3.63) is 50.7 Å². The Hall–Kier alpha value is -0.840. The van der Waals surface area contributed by atoms with Crippen molar-refractivity contribution in [2.24, 2.45) is 12.8 Å². The monoisotopic (exact) mass is 327 g/mol. The minimum Gasteiger partial charge on any atom is -0.324 e. The Labute approximate surface area is 120 Å². The van der Waals surface area contributed by atoms with Crippen LogP contribution < -0.4 is 5.73 Å². The zero-order chi connectivity index (χ0) is 13.3. The molecule has 1 atom stereocenters. The highest BCUT2D eigenvalue weighted by atomic mass is 79.9. The molecular weight excluding hydrogens is 314 g/mol. The summed E-state index contributed by atoms with van der Waals surface area (Å²) in [6, 6.07) is 7.59. The van der Waals surface area contributed by atoms with Crippen LogP contribution in [-0.2, 0) is 13.5 Å². The van der Waals surface area contributed by atoms with Gasteiger partial charge in [0.25, 0.3) is 0 Å². The molecule has 0 bridgehead atoms. The van der Waals surface area contributed by atoms with Gasteiger partial charge in [-0.1, -0.05) is 23.7 Å². The minimum absolute atomic E-state index is 0.0617. The van der Waals surface area contributed by atoms with Crippen LogP contribution in [0.3, 0.4) is 0 Å². The smallest absolute Gasteiger partial charge is 0.0738 e. The molecule has 1 aromatic heterocycles. The van der Waals surface area contributed by atoms with Crippen LogP contribution in [0, 0.1) is 6.92 Å². The molecule has 0 amide bonds. The molecule has 0 saturated heterocycles. The number of nitrogens with zero attached hydrogens (tertiary/aromatic N) is 2. The van der Waals surface area contributed by atoms with E-state index in [4.69, 9.17) is 17.3 Å². The molecule has 0 aliphatic carbocycles. The van der Waals surface area contributed by atoms with Crippen LogP contribution in [0.5, 0.6) is 0 Å². The fourth-order valence-corrected chi connectivity index (χ4v) is 2.56. The van der Waals surface area contributed by atoms with E-state index in [0.717, 1.165) is 32.9 Å². The molecule has 1 aromatic carbocycles. The standard InChI is InChI=1S/C13H15BrClN3/c1-8-13(14)12(18(2)17-8)7-11(16)9-3-5-10(15)6-4-9/h3-6,11H,7,16H2,1-2H3. The fourth-order valence-electron chi connectivity index (χ4n) is 1.94. The second-order valence-corrected chi connectivity index (χ2v) is 5.56. The Morgan fingerprint density at radius 2 is 2.00 bits per heavy atom. The van der Waals surface area contributed by atoms with E-state index in [1.54, 1.807) is 0 Å². The van der Waals surface area contributed by atoms with E-state index in [9.17, 15) is 0 Å². The van der Waals surface area contributed by atoms with Crippen molar-refractivity contribution in [2.45, 2.75) is 19.4 Å². The second-order valence-electron chi connectivity index (χ2n) is 4.33. The van der Waals surface area contributed by atoms with E-state index < -0.39 is 0 Å². The lowest BCUT2D eigenvalue weighted by molar-refractivity contribution is 0.638. The zero-order valence-corrected chi connectivity index (χ0v) is 12.7. The molecule has 18 heavy (non-hydrogen) atoms. The Kier molecular flexibility index (Phi) is 4.10. The maximum atomic E-state index is 6.22. The number of nitrogens with two attached hydrogens (primary N) is 1.